The number of nitrogens with one attached hydrogen (secondary N) is 1. The molecule has 1 saturated carbocycles. The van der Waals surface area contributed by atoms with Crippen LogP contribution in [0.15, 0.2) is 24.3 Å². The molecule has 1 aliphatic carbocycles. The first-order chi connectivity index (χ1) is 7.86. The molecule has 2 rings (SSSR count). The zero-order valence-corrected chi connectivity index (χ0v) is 9.62. The zero-order valence-electron chi connectivity index (χ0n) is 8.81. The second-order valence-electron chi connectivity index (χ2n) is 3.78. The molecule has 0 aliphatic heterocycles. The molecule has 8 heteroatoms. The van der Waals surface area contributed by atoms with Crippen molar-refractivity contribution in [2.75, 3.05) is 0 Å². The van der Waals surface area contributed by atoms with E-state index in [1.54, 1.807) is 0 Å². The van der Waals surface area contributed by atoms with Crippen molar-refractivity contribution in [1.82, 2.24) is 14.5 Å². The second kappa shape index (κ2) is 3.88. The van der Waals surface area contributed by atoms with Crippen LogP contribution in [0.25, 0.3) is 0 Å². The van der Waals surface area contributed by atoms with Gasteiger partial charge in [-0.3, -0.25) is 4.68 Å². The lowest BCUT2D eigenvalue weighted by Gasteiger charge is -2.06. The molecule has 1 fully saturated rings. The molecular formula is C9H11F2N3O2S. The van der Waals surface area contributed by atoms with Gasteiger partial charge >= 0.3 is 0 Å². The highest BCUT2D eigenvalue weighted by Crippen LogP contribution is 2.52. The van der Waals surface area contributed by atoms with Crippen molar-refractivity contribution in [3.63, 3.8) is 0 Å². The summed E-state index contributed by atoms with van der Waals surface area (Å²) in [5.41, 5.74) is 0.401. The number of rotatable bonds is 5. The van der Waals surface area contributed by atoms with Gasteiger partial charge in [0.25, 0.3) is 5.92 Å². The van der Waals surface area contributed by atoms with Gasteiger partial charge in [-0.1, -0.05) is 6.58 Å². The summed E-state index contributed by atoms with van der Waals surface area (Å²) >= 11 is 0. The molecular weight excluding hydrogens is 252 g/mol. The fourth-order valence-corrected chi connectivity index (χ4v) is 1.93. The predicted octanol–water partition coefficient (Wildman–Crippen LogP) is 1.03. The van der Waals surface area contributed by atoms with E-state index < -0.39 is 22.0 Å². The summed E-state index contributed by atoms with van der Waals surface area (Å²) in [7, 11) is -3.56. The molecule has 0 amide bonds. The van der Waals surface area contributed by atoms with Crippen LogP contribution >= 0.6 is 0 Å². The Kier molecular flexibility index (Phi) is 2.78. The molecule has 0 bridgehead atoms. The summed E-state index contributed by atoms with van der Waals surface area (Å²) in [5, 5.41) is 4.54. The van der Waals surface area contributed by atoms with E-state index in [1.165, 1.54) is 12.3 Å². The number of sulfonamides is 1. The first-order valence-electron chi connectivity index (χ1n) is 4.88. The Morgan fingerprint density at radius 3 is 2.88 bits per heavy atom. The summed E-state index contributed by atoms with van der Waals surface area (Å²) in [6.07, 6.45) is 1.11. The molecule has 1 unspecified atom stereocenters. The molecule has 0 radical (unpaired) electrons. The number of alkyl halides is 2. The summed E-state index contributed by atoms with van der Waals surface area (Å²) in [4.78, 5) is 0. The van der Waals surface area contributed by atoms with Gasteiger partial charge in [-0.15, -0.1) is 0 Å². The van der Waals surface area contributed by atoms with E-state index in [0.717, 1.165) is 10.1 Å². The molecule has 1 N–H and O–H groups in total. The van der Waals surface area contributed by atoms with Crippen LogP contribution in [0.5, 0.6) is 0 Å². The minimum atomic E-state index is -3.56. The lowest BCUT2D eigenvalue weighted by atomic mass is 10.4. The zero-order chi connectivity index (χ0) is 12.7. The highest BCUT2D eigenvalue weighted by Gasteiger charge is 2.59. The molecule has 1 aliphatic rings. The maximum Gasteiger partial charge on any atom is 0.272 e. The highest BCUT2D eigenvalue weighted by molar-refractivity contribution is 7.92. The van der Waals surface area contributed by atoms with Crippen molar-refractivity contribution in [2.45, 2.75) is 24.9 Å². The largest absolute Gasteiger partial charge is 0.272 e. The highest BCUT2D eigenvalue weighted by atomic mass is 32.2. The summed E-state index contributed by atoms with van der Waals surface area (Å²) in [5.74, 6) is -2.74. The van der Waals surface area contributed by atoms with Crippen LogP contribution in [0.2, 0.25) is 0 Å². The Balaban J connectivity index is 2.08. The number of hydrogen-bond acceptors (Lipinski definition) is 3. The van der Waals surface area contributed by atoms with Gasteiger partial charge in [0.1, 0.15) is 6.04 Å². The first kappa shape index (κ1) is 12.2. The lowest BCUT2D eigenvalue weighted by Crippen LogP contribution is -2.22. The summed E-state index contributed by atoms with van der Waals surface area (Å²) in [6.45, 7) is 3.05. The third-order valence-electron chi connectivity index (χ3n) is 2.51. The molecule has 0 saturated heterocycles. The van der Waals surface area contributed by atoms with E-state index in [0.29, 0.717) is 5.69 Å². The van der Waals surface area contributed by atoms with E-state index in [1.807, 2.05) is 0 Å². The average molecular weight is 263 g/mol. The number of nitrogens with zero attached hydrogens (tertiary/aromatic N) is 2. The molecule has 1 aromatic rings. The minimum Gasteiger partial charge on any atom is -0.259 e. The molecule has 5 nitrogen and oxygen atoms in total. The van der Waals surface area contributed by atoms with Gasteiger partial charge in [0.05, 0.1) is 12.2 Å². The smallest absolute Gasteiger partial charge is 0.259 e. The van der Waals surface area contributed by atoms with Crippen molar-refractivity contribution in [3.05, 3.63) is 29.9 Å². The van der Waals surface area contributed by atoms with Crippen LogP contribution in [0.3, 0.4) is 0 Å². The standard InChI is InChI=1S/C9H11F2N3O2S/c1-2-17(15,16)13-6-7-3-4-12-14(7)8-5-9(8,10)11/h2-4,8,13H,1,5-6H2. The maximum atomic E-state index is 12.9. The Morgan fingerprint density at radius 1 is 1.71 bits per heavy atom. The summed E-state index contributed by atoms with van der Waals surface area (Å²) in [6, 6.07) is 0.542. The van der Waals surface area contributed by atoms with E-state index in [4.69, 9.17) is 0 Å². The molecule has 1 heterocycles. The van der Waals surface area contributed by atoms with Crippen molar-refractivity contribution in [1.29, 1.82) is 0 Å². The van der Waals surface area contributed by atoms with Gasteiger partial charge in [-0.2, -0.15) is 5.10 Å². The molecule has 0 aromatic carbocycles. The van der Waals surface area contributed by atoms with Crippen LogP contribution in [-0.2, 0) is 16.6 Å². The predicted molar refractivity (Wildman–Crippen MR) is 56.8 cm³/mol. The van der Waals surface area contributed by atoms with Gasteiger partial charge in [0.15, 0.2) is 0 Å². The SMILES string of the molecule is C=CS(=O)(=O)NCc1ccnn1C1CC1(F)F. The first-order valence-corrected chi connectivity index (χ1v) is 6.43. The average Bonchev–Trinajstić information content (AvgIpc) is 2.71. The van der Waals surface area contributed by atoms with Crippen LogP contribution in [0.1, 0.15) is 18.2 Å². The van der Waals surface area contributed by atoms with Crippen molar-refractivity contribution >= 4 is 10.0 Å². The third-order valence-corrected chi connectivity index (χ3v) is 3.50. The number of hydrogen-bond donors (Lipinski definition) is 1. The third kappa shape index (κ3) is 2.52. The summed E-state index contributed by atoms with van der Waals surface area (Å²) < 4.78 is 51.3. The quantitative estimate of drug-likeness (QED) is 0.862. The van der Waals surface area contributed by atoms with E-state index >= 15 is 0 Å². The van der Waals surface area contributed by atoms with Crippen molar-refractivity contribution in [2.24, 2.45) is 0 Å². The number of aromatic nitrogens is 2. The Hall–Kier alpha value is -1.28. The fraction of sp³-hybridized carbons (Fsp3) is 0.444. The van der Waals surface area contributed by atoms with Crippen LogP contribution in [-0.4, -0.2) is 24.1 Å². The topological polar surface area (TPSA) is 64.0 Å². The van der Waals surface area contributed by atoms with Gasteiger partial charge in [0.2, 0.25) is 10.0 Å². The van der Waals surface area contributed by atoms with Gasteiger partial charge in [0, 0.05) is 18.0 Å². The van der Waals surface area contributed by atoms with E-state index in [9.17, 15) is 17.2 Å². The van der Waals surface area contributed by atoms with Gasteiger partial charge in [-0.05, 0) is 6.07 Å². The second-order valence-corrected chi connectivity index (χ2v) is 5.49. The van der Waals surface area contributed by atoms with Crippen LogP contribution < -0.4 is 4.72 Å². The fourth-order valence-electron chi connectivity index (χ4n) is 1.46. The normalized spacial score (nSPS) is 22.4. The van der Waals surface area contributed by atoms with Gasteiger partial charge in [-0.25, -0.2) is 21.9 Å². The monoisotopic (exact) mass is 263 g/mol. The molecule has 0 spiro atoms. The number of halogens is 2. The lowest BCUT2D eigenvalue weighted by molar-refractivity contribution is 0.0977. The van der Waals surface area contributed by atoms with Crippen molar-refractivity contribution in [3.8, 4) is 0 Å². The molecule has 17 heavy (non-hydrogen) atoms. The van der Waals surface area contributed by atoms with E-state index in [-0.39, 0.29) is 13.0 Å². The maximum absolute atomic E-state index is 12.9. The Bertz CT molecular complexity index is 538. The Labute approximate surface area is 97.2 Å². The van der Waals surface area contributed by atoms with Crippen LogP contribution in [0, 0.1) is 0 Å². The molecule has 1 atom stereocenters. The molecule has 94 valence electrons. The van der Waals surface area contributed by atoms with Gasteiger partial charge < -0.3 is 0 Å². The molecule has 1 aromatic heterocycles. The minimum absolute atomic E-state index is 0.0824. The Morgan fingerprint density at radius 2 is 2.35 bits per heavy atom. The van der Waals surface area contributed by atoms with Crippen molar-refractivity contribution < 1.29 is 17.2 Å². The van der Waals surface area contributed by atoms with Crippen LogP contribution in [0.4, 0.5) is 8.78 Å². The van der Waals surface area contributed by atoms with E-state index in [2.05, 4.69) is 16.4 Å².